The lowest BCUT2D eigenvalue weighted by Crippen LogP contribution is -2.40. The van der Waals surface area contributed by atoms with E-state index in [0.717, 1.165) is 10.6 Å². The molecule has 0 heterocycles. The Labute approximate surface area is 116 Å². The number of anilines is 1. The van der Waals surface area contributed by atoms with Gasteiger partial charge < -0.3 is 4.90 Å². The second-order valence-electron chi connectivity index (χ2n) is 4.01. The molecule has 0 saturated heterocycles. The summed E-state index contributed by atoms with van der Waals surface area (Å²) in [6.07, 6.45) is 1.08. The molecule has 0 fully saturated rings. The summed E-state index contributed by atoms with van der Waals surface area (Å²) in [5.74, 6) is -0.281. The number of halogens is 1. The third kappa shape index (κ3) is 3.71. The van der Waals surface area contributed by atoms with E-state index in [1.165, 1.54) is 4.90 Å². The van der Waals surface area contributed by atoms with E-state index in [2.05, 4.69) is 15.9 Å². The zero-order valence-electron chi connectivity index (χ0n) is 10.4. The first-order chi connectivity index (χ1) is 8.23. The summed E-state index contributed by atoms with van der Waals surface area (Å²) in [6, 6.07) is 6.88. The van der Waals surface area contributed by atoms with Crippen LogP contribution in [0.25, 0.3) is 0 Å². The second-order valence-corrected chi connectivity index (χ2v) is 6.77. The quantitative estimate of drug-likeness (QED) is 0.833. The van der Waals surface area contributed by atoms with Crippen LogP contribution in [0.2, 0.25) is 0 Å². The van der Waals surface area contributed by atoms with Crippen molar-refractivity contribution in [3.63, 3.8) is 0 Å². The third-order valence-electron chi connectivity index (χ3n) is 2.30. The number of para-hydroxylation sites is 1. The van der Waals surface area contributed by atoms with Crippen LogP contribution in [0.4, 0.5) is 5.69 Å². The summed E-state index contributed by atoms with van der Waals surface area (Å²) >= 11 is 3.29. The number of nitrogens with zero attached hydrogens (tertiary/aromatic N) is 2. The molecule has 0 aliphatic rings. The first kappa shape index (κ1) is 15.0. The lowest BCUT2D eigenvalue weighted by molar-refractivity contribution is -0.127. The molecule has 0 atom stereocenters. The molecule has 0 saturated carbocycles. The Balaban J connectivity index is 3.16. The van der Waals surface area contributed by atoms with Gasteiger partial charge in [-0.05, 0) is 28.1 Å². The lowest BCUT2D eigenvalue weighted by atomic mass is 10.3. The monoisotopic (exact) mass is 334 g/mol. The molecular formula is C11H15BrN2O3S. The Morgan fingerprint density at radius 1 is 1.28 bits per heavy atom. The molecule has 1 rings (SSSR count). The zero-order valence-corrected chi connectivity index (χ0v) is 12.8. The van der Waals surface area contributed by atoms with Crippen LogP contribution >= 0.6 is 15.9 Å². The first-order valence-electron chi connectivity index (χ1n) is 5.16. The van der Waals surface area contributed by atoms with Gasteiger partial charge in [0.15, 0.2) is 0 Å². The van der Waals surface area contributed by atoms with Crippen LogP contribution in [0, 0.1) is 0 Å². The molecule has 7 heteroatoms. The first-order valence-corrected chi connectivity index (χ1v) is 7.80. The fraction of sp³-hybridized carbons (Fsp3) is 0.364. The molecule has 0 N–H and O–H groups in total. The van der Waals surface area contributed by atoms with Crippen LogP contribution in [0.5, 0.6) is 0 Å². The van der Waals surface area contributed by atoms with Gasteiger partial charge in [0, 0.05) is 18.6 Å². The molecule has 0 aromatic heterocycles. The van der Waals surface area contributed by atoms with Crippen LogP contribution in [-0.4, -0.2) is 46.1 Å². The highest BCUT2D eigenvalue weighted by atomic mass is 79.9. The molecule has 1 aromatic rings. The largest absolute Gasteiger partial charge is 0.347 e. The van der Waals surface area contributed by atoms with E-state index in [4.69, 9.17) is 0 Å². The maximum absolute atomic E-state index is 11.8. The van der Waals surface area contributed by atoms with Gasteiger partial charge in [0.2, 0.25) is 15.9 Å². The fourth-order valence-corrected chi connectivity index (χ4v) is 2.78. The van der Waals surface area contributed by atoms with Crippen LogP contribution in [-0.2, 0) is 14.8 Å². The van der Waals surface area contributed by atoms with Gasteiger partial charge in [-0.2, -0.15) is 0 Å². The number of benzene rings is 1. The zero-order chi connectivity index (χ0) is 13.9. The number of hydrogen-bond donors (Lipinski definition) is 0. The van der Waals surface area contributed by atoms with Crippen molar-refractivity contribution in [1.29, 1.82) is 0 Å². The van der Waals surface area contributed by atoms with E-state index in [9.17, 15) is 13.2 Å². The van der Waals surface area contributed by atoms with E-state index in [-0.39, 0.29) is 12.5 Å². The lowest BCUT2D eigenvalue weighted by Gasteiger charge is -2.24. The average Bonchev–Trinajstić information content (AvgIpc) is 2.25. The van der Waals surface area contributed by atoms with E-state index in [0.29, 0.717) is 10.2 Å². The number of carbonyl (C=O) groups excluding carboxylic acids is 1. The Bertz CT molecular complexity index is 543. The Hall–Kier alpha value is -1.08. The molecule has 0 aliphatic carbocycles. The summed E-state index contributed by atoms with van der Waals surface area (Å²) in [6.45, 7) is -0.214. The Kier molecular flexibility index (Phi) is 4.75. The fourth-order valence-electron chi connectivity index (χ4n) is 1.30. The van der Waals surface area contributed by atoms with Gasteiger partial charge in [-0.15, -0.1) is 0 Å². The molecule has 0 radical (unpaired) electrons. The van der Waals surface area contributed by atoms with Crippen molar-refractivity contribution in [3.8, 4) is 0 Å². The molecule has 1 amide bonds. The van der Waals surface area contributed by atoms with E-state index in [1.807, 2.05) is 0 Å². The Morgan fingerprint density at radius 3 is 2.28 bits per heavy atom. The predicted octanol–water partition coefficient (Wildman–Crippen LogP) is 1.30. The second kappa shape index (κ2) is 5.71. The molecule has 0 spiro atoms. The number of amides is 1. The molecular weight excluding hydrogens is 320 g/mol. The molecule has 0 bridgehead atoms. The SMILES string of the molecule is CN(C)C(=O)CN(c1ccccc1Br)S(C)(=O)=O. The number of likely N-dealkylation sites (N-methyl/N-ethyl adjacent to an activating group) is 1. The maximum atomic E-state index is 11.8. The summed E-state index contributed by atoms with van der Waals surface area (Å²) in [5, 5.41) is 0. The number of rotatable bonds is 4. The van der Waals surface area contributed by atoms with Crippen LogP contribution in [0.15, 0.2) is 28.7 Å². The highest BCUT2D eigenvalue weighted by molar-refractivity contribution is 9.10. The maximum Gasteiger partial charge on any atom is 0.242 e. The molecule has 100 valence electrons. The summed E-state index contributed by atoms with van der Waals surface area (Å²) in [5.41, 5.74) is 0.454. The standard InChI is InChI=1S/C11H15BrN2O3S/c1-13(2)11(15)8-14(18(3,16)17)10-7-5-4-6-9(10)12/h4-7H,8H2,1-3H3. The third-order valence-corrected chi connectivity index (χ3v) is 4.10. The number of sulfonamides is 1. The highest BCUT2D eigenvalue weighted by Gasteiger charge is 2.23. The predicted molar refractivity (Wildman–Crippen MR) is 75.0 cm³/mol. The van der Waals surface area contributed by atoms with Gasteiger partial charge in [-0.3, -0.25) is 9.10 Å². The van der Waals surface area contributed by atoms with Gasteiger partial charge in [-0.25, -0.2) is 8.42 Å². The molecule has 0 aliphatic heterocycles. The smallest absolute Gasteiger partial charge is 0.242 e. The molecule has 18 heavy (non-hydrogen) atoms. The van der Waals surface area contributed by atoms with Crippen molar-refractivity contribution in [2.75, 3.05) is 31.2 Å². The van der Waals surface area contributed by atoms with Crippen LogP contribution in [0.1, 0.15) is 0 Å². The molecule has 5 nitrogen and oxygen atoms in total. The minimum atomic E-state index is -3.51. The van der Waals surface area contributed by atoms with E-state index < -0.39 is 10.0 Å². The van der Waals surface area contributed by atoms with E-state index in [1.54, 1.807) is 38.4 Å². The van der Waals surface area contributed by atoms with Gasteiger partial charge >= 0.3 is 0 Å². The average molecular weight is 335 g/mol. The topological polar surface area (TPSA) is 57.7 Å². The van der Waals surface area contributed by atoms with Crippen molar-refractivity contribution in [1.82, 2.24) is 4.90 Å². The van der Waals surface area contributed by atoms with E-state index >= 15 is 0 Å². The summed E-state index contributed by atoms with van der Waals surface area (Å²) in [7, 11) is -0.341. The Morgan fingerprint density at radius 2 is 1.83 bits per heavy atom. The minimum Gasteiger partial charge on any atom is -0.347 e. The van der Waals surface area contributed by atoms with Gasteiger partial charge in [0.05, 0.1) is 11.9 Å². The normalized spacial score (nSPS) is 11.1. The van der Waals surface area contributed by atoms with Crippen molar-refractivity contribution in [2.45, 2.75) is 0 Å². The minimum absolute atomic E-state index is 0.214. The van der Waals surface area contributed by atoms with Gasteiger partial charge in [-0.1, -0.05) is 12.1 Å². The summed E-state index contributed by atoms with van der Waals surface area (Å²) < 4.78 is 25.3. The van der Waals surface area contributed by atoms with Crippen LogP contribution in [0.3, 0.4) is 0 Å². The highest BCUT2D eigenvalue weighted by Crippen LogP contribution is 2.27. The van der Waals surface area contributed by atoms with Crippen molar-refractivity contribution < 1.29 is 13.2 Å². The van der Waals surface area contributed by atoms with Crippen molar-refractivity contribution >= 4 is 37.5 Å². The number of hydrogen-bond acceptors (Lipinski definition) is 3. The molecule has 1 aromatic carbocycles. The summed E-state index contributed by atoms with van der Waals surface area (Å²) in [4.78, 5) is 13.0. The van der Waals surface area contributed by atoms with Gasteiger partial charge in [0.1, 0.15) is 6.54 Å². The van der Waals surface area contributed by atoms with Crippen LogP contribution < -0.4 is 4.31 Å². The molecule has 0 unspecified atom stereocenters. The number of carbonyl (C=O) groups is 1. The van der Waals surface area contributed by atoms with Gasteiger partial charge in [0.25, 0.3) is 0 Å². The van der Waals surface area contributed by atoms with Crippen molar-refractivity contribution in [2.24, 2.45) is 0 Å². The van der Waals surface area contributed by atoms with Crippen molar-refractivity contribution in [3.05, 3.63) is 28.7 Å².